The van der Waals surface area contributed by atoms with Crippen LogP contribution in [-0.2, 0) is 25.8 Å². The number of hydrogen-bond acceptors (Lipinski definition) is 0. The minimum atomic E-state index is -0.0237. The first kappa shape index (κ1) is 33.6. The second kappa shape index (κ2) is 15.4. The first-order valence-electron chi connectivity index (χ1n) is 12.4. The summed E-state index contributed by atoms with van der Waals surface area (Å²) in [6, 6.07) is 43.9. The second-order valence-electron chi connectivity index (χ2n) is 9.56. The van der Waals surface area contributed by atoms with Crippen molar-refractivity contribution in [1.82, 2.24) is 0 Å². The Bertz CT molecular complexity index is 1460. The van der Waals surface area contributed by atoms with Gasteiger partial charge in [0.25, 0.3) is 0 Å². The Labute approximate surface area is 267 Å². The maximum atomic E-state index is 2.36. The zero-order chi connectivity index (χ0) is 25.1. The van der Waals surface area contributed by atoms with Crippen molar-refractivity contribution in [3.8, 4) is 22.3 Å². The van der Waals surface area contributed by atoms with Crippen LogP contribution in [0.2, 0.25) is 0 Å². The molecule has 0 heterocycles. The largest absolute Gasteiger partial charge is 4.00 e. The molecule has 6 aromatic carbocycles. The number of rotatable bonds is 4. The van der Waals surface area contributed by atoms with Crippen molar-refractivity contribution in [1.29, 1.82) is 0 Å². The molecule has 5 heteroatoms. The van der Waals surface area contributed by atoms with Gasteiger partial charge in [-0.25, -0.2) is 0 Å². The maximum absolute atomic E-state index is 2.36. The van der Waals surface area contributed by atoms with Crippen LogP contribution in [0.3, 0.4) is 0 Å². The minimum Gasteiger partial charge on any atom is -1.00 e. The Kier molecular flexibility index (Phi) is 13.3. The van der Waals surface area contributed by atoms with Gasteiger partial charge >= 0.3 is 25.8 Å². The summed E-state index contributed by atoms with van der Waals surface area (Å²) in [5, 5.41) is 8.47. The zero-order valence-corrected chi connectivity index (χ0v) is 29.6. The fourth-order valence-corrected chi connectivity index (χ4v) is 6.26. The predicted octanol–water partition coefficient (Wildman–Crippen LogP) is 3.19. The number of halogens is 2. The summed E-state index contributed by atoms with van der Waals surface area (Å²) >= 11 is 0. The third kappa shape index (κ3) is 7.79. The van der Waals surface area contributed by atoms with Gasteiger partial charge in [0.1, 0.15) is 0 Å². The van der Waals surface area contributed by atoms with Crippen LogP contribution in [-0.4, -0.2) is 26.7 Å². The quantitative estimate of drug-likeness (QED) is 0.148. The standard InChI is InChI=1S/2C17H16P.2ClH.Hf/c2*1-18(2)15-11-14-9-6-10-16(17(14)12-15)13-7-4-3-5-8-13;;;/h2*3-12H,1-2H3;2*1H;/q2*-1;;;+4/p-2. The fraction of sp³-hybridized carbons (Fsp3) is 0.118. The molecule has 0 spiro atoms. The molecule has 0 amide bonds. The zero-order valence-electron chi connectivity index (χ0n) is 22.7. The molecule has 0 aromatic heterocycles. The fourth-order valence-electron chi connectivity index (χ4n) is 4.69. The van der Waals surface area contributed by atoms with E-state index in [1.54, 1.807) is 0 Å². The maximum Gasteiger partial charge on any atom is 4.00 e. The van der Waals surface area contributed by atoms with E-state index in [2.05, 4.69) is 148 Å². The van der Waals surface area contributed by atoms with Crippen molar-refractivity contribution in [3.05, 3.63) is 121 Å². The van der Waals surface area contributed by atoms with E-state index in [4.69, 9.17) is 0 Å². The number of benzene rings is 4. The van der Waals surface area contributed by atoms with Crippen molar-refractivity contribution in [3.63, 3.8) is 0 Å². The summed E-state index contributed by atoms with van der Waals surface area (Å²) in [7, 11) is -0.0473. The van der Waals surface area contributed by atoms with Gasteiger partial charge in [-0.2, -0.15) is 12.1 Å². The average molecular weight is 752 g/mol. The molecule has 0 aliphatic carbocycles. The molecule has 0 aliphatic rings. The molecular weight excluding hydrogens is 720 g/mol. The second-order valence-corrected chi connectivity index (χ2v) is 14.2. The van der Waals surface area contributed by atoms with Crippen molar-refractivity contribution in [2.45, 2.75) is 0 Å². The van der Waals surface area contributed by atoms with E-state index in [1.807, 2.05) is 0 Å². The molecule has 6 rings (SSSR count). The first-order valence-corrected chi connectivity index (χ1v) is 16.8. The van der Waals surface area contributed by atoms with Gasteiger partial charge < -0.3 is 24.8 Å². The molecule has 0 nitrogen and oxygen atoms in total. The molecular formula is C34H32Cl2HfP2. The van der Waals surface area contributed by atoms with Gasteiger partial charge in [-0.05, 0) is 37.8 Å². The SMILES string of the molecule is CP(C)c1cc2c(-c3ccccc3)cccc2[cH-]1.CP(C)c1cc2c(-c3ccccc3)cccc2[cH-]1.[Cl-].[Cl-].[Hf+4]. The van der Waals surface area contributed by atoms with Crippen LogP contribution < -0.4 is 35.4 Å². The van der Waals surface area contributed by atoms with Gasteiger partial charge in [-0.1, -0.05) is 83.9 Å². The molecule has 0 fully saturated rings. The topological polar surface area (TPSA) is 0 Å². The van der Waals surface area contributed by atoms with E-state index in [-0.39, 0.29) is 66.5 Å². The molecule has 0 bridgehead atoms. The Morgan fingerprint density at radius 1 is 0.462 bits per heavy atom. The molecule has 0 unspecified atom stereocenters. The summed E-state index contributed by atoms with van der Waals surface area (Å²) in [4.78, 5) is 0. The molecule has 0 saturated carbocycles. The van der Waals surface area contributed by atoms with E-state index in [0.717, 1.165) is 0 Å². The van der Waals surface area contributed by atoms with E-state index in [0.29, 0.717) is 0 Å². The van der Waals surface area contributed by atoms with Gasteiger partial charge in [-0.15, -0.1) is 84.4 Å². The average Bonchev–Trinajstić information content (AvgIpc) is 3.55. The summed E-state index contributed by atoms with van der Waals surface area (Å²) in [5.74, 6) is 0. The molecule has 39 heavy (non-hydrogen) atoms. The molecule has 0 atom stereocenters. The van der Waals surface area contributed by atoms with Crippen molar-refractivity contribution in [2.75, 3.05) is 26.7 Å². The van der Waals surface area contributed by atoms with Crippen LogP contribution in [0.5, 0.6) is 0 Å². The van der Waals surface area contributed by atoms with Crippen LogP contribution in [0.1, 0.15) is 0 Å². The van der Waals surface area contributed by atoms with Crippen molar-refractivity contribution < 1.29 is 50.7 Å². The van der Waals surface area contributed by atoms with Crippen LogP contribution in [0.4, 0.5) is 0 Å². The van der Waals surface area contributed by atoms with Gasteiger partial charge in [0, 0.05) is 0 Å². The van der Waals surface area contributed by atoms with Gasteiger partial charge in [0.2, 0.25) is 0 Å². The molecule has 0 aliphatic heterocycles. The summed E-state index contributed by atoms with van der Waals surface area (Å²) in [5.41, 5.74) is 5.29. The van der Waals surface area contributed by atoms with Crippen LogP contribution in [0, 0.1) is 0 Å². The van der Waals surface area contributed by atoms with Gasteiger partial charge in [0.05, 0.1) is 0 Å². The molecule has 196 valence electrons. The summed E-state index contributed by atoms with van der Waals surface area (Å²) in [6.07, 6.45) is 0. The van der Waals surface area contributed by atoms with Gasteiger partial charge in [-0.3, -0.25) is 0 Å². The monoisotopic (exact) mass is 752 g/mol. The third-order valence-electron chi connectivity index (χ3n) is 6.67. The summed E-state index contributed by atoms with van der Waals surface area (Å²) < 4.78 is 0. The van der Waals surface area contributed by atoms with Crippen LogP contribution >= 0.6 is 15.8 Å². The smallest absolute Gasteiger partial charge is 1.00 e. The molecule has 6 aromatic rings. The minimum absolute atomic E-state index is 0. The van der Waals surface area contributed by atoms with E-state index in [9.17, 15) is 0 Å². The van der Waals surface area contributed by atoms with E-state index in [1.165, 1.54) is 54.4 Å². The van der Waals surface area contributed by atoms with Crippen LogP contribution in [0.15, 0.2) is 121 Å². The first-order chi connectivity index (χ1) is 17.5. The molecule has 0 radical (unpaired) electrons. The van der Waals surface area contributed by atoms with E-state index < -0.39 is 0 Å². The summed E-state index contributed by atoms with van der Waals surface area (Å²) in [6.45, 7) is 9.24. The molecule has 0 N–H and O–H groups in total. The molecule has 0 saturated heterocycles. The normalized spacial score (nSPS) is 10.4. The van der Waals surface area contributed by atoms with Crippen LogP contribution in [0.25, 0.3) is 43.8 Å². The van der Waals surface area contributed by atoms with Crippen molar-refractivity contribution in [2.24, 2.45) is 0 Å². The Hall–Kier alpha value is -1.59. The van der Waals surface area contributed by atoms with E-state index >= 15 is 0 Å². The Balaban J connectivity index is 0.000000254. The number of fused-ring (bicyclic) bond motifs is 2. The van der Waals surface area contributed by atoms with Crippen molar-refractivity contribution >= 4 is 48.0 Å². The van der Waals surface area contributed by atoms with Gasteiger partial charge in [0.15, 0.2) is 0 Å². The Morgan fingerprint density at radius 2 is 0.821 bits per heavy atom. The number of hydrogen-bond donors (Lipinski definition) is 0. The Morgan fingerprint density at radius 3 is 1.15 bits per heavy atom. The third-order valence-corrected chi connectivity index (χ3v) is 9.26. The predicted molar refractivity (Wildman–Crippen MR) is 167 cm³/mol.